The van der Waals surface area contributed by atoms with E-state index in [0.717, 1.165) is 37.1 Å². The molecule has 0 amide bonds. The lowest BCUT2D eigenvalue weighted by Gasteiger charge is -2.21. The van der Waals surface area contributed by atoms with Crippen molar-refractivity contribution in [2.75, 3.05) is 13.1 Å². The minimum atomic E-state index is 0.179. The molecule has 0 spiro atoms. The summed E-state index contributed by atoms with van der Waals surface area (Å²) in [5, 5.41) is 27.8. The molecule has 0 saturated carbocycles. The lowest BCUT2D eigenvalue weighted by Crippen LogP contribution is -2.21. The normalized spacial score (nSPS) is 13.3. The first kappa shape index (κ1) is 36.1. The monoisotopic (exact) mass is 662 g/mol. The number of aromatic hydroxyl groups is 2. The maximum Gasteiger partial charge on any atom is 0.119 e. The predicted octanol–water partition coefficient (Wildman–Crippen LogP) is 10.5. The Morgan fingerprint density at radius 3 is 0.980 bits per heavy atom. The SMILES string of the molecule is CC(NCC[C@@H](c1ccccc1)c1ccccc1O)c1ccccc1.CC(NCC[C@H](c1ccccc1)c1ccccc1O)c1ccccc1. The quantitative estimate of drug-likeness (QED) is 0.0937. The number of benzene rings is 6. The van der Waals surface area contributed by atoms with Gasteiger partial charge < -0.3 is 20.8 Å². The Hall–Kier alpha value is -5.16. The minimum absolute atomic E-state index is 0.179. The van der Waals surface area contributed by atoms with Gasteiger partial charge in [-0.25, -0.2) is 0 Å². The van der Waals surface area contributed by atoms with Crippen molar-refractivity contribution < 1.29 is 10.2 Å². The molecule has 6 aromatic carbocycles. The van der Waals surface area contributed by atoms with Crippen molar-refractivity contribution in [3.63, 3.8) is 0 Å². The van der Waals surface area contributed by atoms with Crippen molar-refractivity contribution in [1.82, 2.24) is 10.6 Å². The number of para-hydroxylation sites is 2. The Kier molecular flexibility index (Phi) is 13.8. The fourth-order valence-electron chi connectivity index (χ4n) is 6.55. The number of hydrogen-bond acceptors (Lipinski definition) is 4. The van der Waals surface area contributed by atoms with Crippen LogP contribution in [0.15, 0.2) is 170 Å². The highest BCUT2D eigenvalue weighted by atomic mass is 16.3. The van der Waals surface area contributed by atoms with Crippen molar-refractivity contribution >= 4 is 0 Å². The number of rotatable bonds is 14. The molecule has 0 saturated heterocycles. The molecular weight excluding hydrogens is 613 g/mol. The van der Waals surface area contributed by atoms with Gasteiger partial charge in [0.05, 0.1) is 0 Å². The second kappa shape index (κ2) is 19.1. The molecule has 2 unspecified atom stereocenters. The predicted molar refractivity (Wildman–Crippen MR) is 208 cm³/mol. The summed E-state index contributed by atoms with van der Waals surface area (Å²) in [5.74, 6) is 1.09. The molecule has 4 N–H and O–H groups in total. The molecule has 0 radical (unpaired) electrons. The first-order valence-electron chi connectivity index (χ1n) is 17.7. The molecule has 0 fully saturated rings. The fourth-order valence-corrected chi connectivity index (χ4v) is 6.55. The average molecular weight is 663 g/mol. The first-order chi connectivity index (χ1) is 24.5. The van der Waals surface area contributed by atoms with E-state index in [4.69, 9.17) is 0 Å². The number of nitrogens with one attached hydrogen (secondary N) is 2. The summed E-state index contributed by atoms with van der Waals surface area (Å²) in [4.78, 5) is 0. The van der Waals surface area contributed by atoms with Crippen LogP contribution in [0.5, 0.6) is 11.5 Å². The molecule has 50 heavy (non-hydrogen) atoms. The van der Waals surface area contributed by atoms with Gasteiger partial charge in [-0.3, -0.25) is 0 Å². The summed E-state index contributed by atoms with van der Waals surface area (Å²) >= 11 is 0. The largest absolute Gasteiger partial charge is 0.508 e. The van der Waals surface area contributed by atoms with E-state index in [1.165, 1.54) is 22.3 Å². The molecule has 0 heterocycles. The van der Waals surface area contributed by atoms with Crippen LogP contribution in [-0.2, 0) is 0 Å². The maximum atomic E-state index is 10.3. The minimum Gasteiger partial charge on any atom is -0.508 e. The van der Waals surface area contributed by atoms with Gasteiger partial charge in [0, 0.05) is 35.0 Å². The van der Waals surface area contributed by atoms with Gasteiger partial charge in [0.2, 0.25) is 0 Å². The molecule has 4 nitrogen and oxygen atoms in total. The Morgan fingerprint density at radius 2 is 0.660 bits per heavy atom. The van der Waals surface area contributed by atoms with Crippen LogP contribution in [0.3, 0.4) is 0 Å². The van der Waals surface area contributed by atoms with E-state index in [0.29, 0.717) is 23.6 Å². The summed E-state index contributed by atoms with van der Waals surface area (Å²) in [6.07, 6.45) is 1.86. The van der Waals surface area contributed by atoms with E-state index < -0.39 is 0 Å². The summed E-state index contributed by atoms with van der Waals surface area (Å²) in [6.45, 7) is 6.13. The molecule has 0 aliphatic heterocycles. The summed E-state index contributed by atoms with van der Waals surface area (Å²) in [5.41, 5.74) is 7.03. The third kappa shape index (κ3) is 10.4. The van der Waals surface area contributed by atoms with E-state index >= 15 is 0 Å². The molecule has 0 aromatic heterocycles. The summed E-state index contributed by atoms with van der Waals surface area (Å²) in [6, 6.07) is 57.7. The van der Waals surface area contributed by atoms with Crippen LogP contribution in [0.4, 0.5) is 0 Å². The first-order valence-corrected chi connectivity index (χ1v) is 17.7. The molecule has 4 atom stereocenters. The van der Waals surface area contributed by atoms with Gasteiger partial charge in [0.15, 0.2) is 0 Å². The molecule has 0 bridgehead atoms. The van der Waals surface area contributed by atoms with E-state index in [1.54, 1.807) is 12.1 Å². The van der Waals surface area contributed by atoms with Gasteiger partial charge in [-0.05, 0) is 74.2 Å². The van der Waals surface area contributed by atoms with Crippen molar-refractivity contribution in [2.45, 2.75) is 50.6 Å². The lowest BCUT2D eigenvalue weighted by atomic mass is 9.88. The second-order valence-corrected chi connectivity index (χ2v) is 12.8. The summed E-state index contributed by atoms with van der Waals surface area (Å²) < 4.78 is 0. The highest BCUT2D eigenvalue weighted by molar-refractivity contribution is 5.42. The molecular formula is C46H50N2O2. The third-order valence-electron chi connectivity index (χ3n) is 9.39. The number of phenolic OH excluding ortho intramolecular Hbond substituents is 2. The van der Waals surface area contributed by atoms with Gasteiger partial charge in [-0.2, -0.15) is 0 Å². The average Bonchev–Trinajstić information content (AvgIpc) is 3.17. The maximum absolute atomic E-state index is 10.3. The third-order valence-corrected chi connectivity index (χ3v) is 9.39. The smallest absolute Gasteiger partial charge is 0.119 e. The fraction of sp³-hybridized carbons (Fsp3) is 0.217. The van der Waals surface area contributed by atoms with Crippen LogP contribution >= 0.6 is 0 Å². The Bertz CT molecular complexity index is 1680. The molecule has 256 valence electrons. The van der Waals surface area contributed by atoms with Crippen molar-refractivity contribution in [1.29, 1.82) is 0 Å². The van der Waals surface area contributed by atoms with Gasteiger partial charge in [0.25, 0.3) is 0 Å². The van der Waals surface area contributed by atoms with Crippen LogP contribution in [-0.4, -0.2) is 23.3 Å². The van der Waals surface area contributed by atoms with Gasteiger partial charge in [-0.1, -0.05) is 158 Å². The van der Waals surface area contributed by atoms with Crippen molar-refractivity contribution in [2.24, 2.45) is 0 Å². The standard InChI is InChI=1S/2C23H25NO/c2*1-18(19-10-4-2-5-11-19)24-17-16-21(20-12-6-3-7-13-20)22-14-8-9-15-23(22)25/h2*2-15,18,21,24-25H,16-17H2,1H3/t2*18?,21-/m10/s1. The highest BCUT2D eigenvalue weighted by Crippen LogP contribution is 2.35. The summed E-state index contributed by atoms with van der Waals surface area (Å²) in [7, 11) is 0. The number of hydrogen-bond donors (Lipinski definition) is 4. The van der Waals surface area contributed by atoms with E-state index in [2.05, 4.69) is 122 Å². The molecule has 6 aromatic rings. The molecule has 0 aliphatic carbocycles. The zero-order valence-corrected chi connectivity index (χ0v) is 29.2. The van der Waals surface area contributed by atoms with Gasteiger partial charge in [0.1, 0.15) is 11.5 Å². The van der Waals surface area contributed by atoms with Gasteiger partial charge in [-0.15, -0.1) is 0 Å². The Morgan fingerprint density at radius 1 is 0.380 bits per heavy atom. The van der Waals surface area contributed by atoms with Crippen molar-refractivity contribution in [3.8, 4) is 11.5 Å². The zero-order chi connectivity index (χ0) is 35.0. The van der Waals surface area contributed by atoms with Crippen LogP contribution in [0.25, 0.3) is 0 Å². The molecule has 4 heteroatoms. The van der Waals surface area contributed by atoms with Crippen LogP contribution in [0.2, 0.25) is 0 Å². The zero-order valence-electron chi connectivity index (χ0n) is 29.2. The van der Waals surface area contributed by atoms with E-state index in [1.807, 2.05) is 60.7 Å². The number of phenols is 2. The van der Waals surface area contributed by atoms with Crippen LogP contribution in [0.1, 0.15) is 84.0 Å². The second-order valence-electron chi connectivity index (χ2n) is 12.8. The molecule has 0 aliphatic rings. The Balaban J connectivity index is 0.000000194. The van der Waals surface area contributed by atoms with Crippen LogP contribution < -0.4 is 10.6 Å². The van der Waals surface area contributed by atoms with Crippen molar-refractivity contribution in [3.05, 3.63) is 203 Å². The highest BCUT2D eigenvalue weighted by Gasteiger charge is 2.19. The topological polar surface area (TPSA) is 64.5 Å². The molecule has 6 rings (SSSR count). The Labute approximate surface area is 298 Å². The van der Waals surface area contributed by atoms with E-state index in [9.17, 15) is 10.2 Å². The van der Waals surface area contributed by atoms with Crippen LogP contribution in [0, 0.1) is 0 Å². The lowest BCUT2D eigenvalue weighted by molar-refractivity contribution is 0.459. The van der Waals surface area contributed by atoms with E-state index in [-0.39, 0.29) is 11.8 Å². The van der Waals surface area contributed by atoms with Gasteiger partial charge >= 0.3 is 0 Å².